The van der Waals surface area contributed by atoms with Crippen molar-refractivity contribution in [2.24, 2.45) is 0 Å². The Bertz CT molecular complexity index is 583. The lowest BCUT2D eigenvalue weighted by atomic mass is 10.1. The first-order chi connectivity index (χ1) is 10.1. The van der Waals surface area contributed by atoms with Crippen molar-refractivity contribution in [1.82, 2.24) is 5.32 Å². The summed E-state index contributed by atoms with van der Waals surface area (Å²) in [5.41, 5.74) is 2.24. The molecule has 3 heteroatoms. The number of hydrogen-bond acceptors (Lipinski definition) is 1. The number of nitrogens with one attached hydrogen (secondary N) is 1. The second kappa shape index (κ2) is 7.84. The minimum Gasteiger partial charge on any atom is -0.353 e. The third-order valence-electron chi connectivity index (χ3n) is 3.37. The number of carbonyl (C=O) groups is 1. The molecule has 0 heterocycles. The van der Waals surface area contributed by atoms with E-state index in [-0.39, 0.29) is 11.9 Å². The highest BCUT2D eigenvalue weighted by Gasteiger charge is 2.08. The van der Waals surface area contributed by atoms with Crippen LogP contribution in [0.4, 0.5) is 0 Å². The Morgan fingerprint density at radius 3 is 2.52 bits per heavy atom. The van der Waals surface area contributed by atoms with Crippen LogP contribution in [0.1, 0.15) is 24.5 Å². The van der Waals surface area contributed by atoms with E-state index in [0.717, 1.165) is 18.4 Å². The Kier molecular flexibility index (Phi) is 5.82. The summed E-state index contributed by atoms with van der Waals surface area (Å²) >= 11 is 5.92. The zero-order chi connectivity index (χ0) is 15.1. The van der Waals surface area contributed by atoms with Crippen molar-refractivity contribution in [3.05, 3.63) is 70.7 Å². The lowest BCUT2D eigenvalue weighted by Crippen LogP contribution is -2.34. The Labute approximate surface area is 131 Å². The summed E-state index contributed by atoms with van der Waals surface area (Å²) in [6, 6.07) is 17.9. The van der Waals surface area contributed by atoms with E-state index in [2.05, 4.69) is 17.4 Å². The van der Waals surface area contributed by atoms with E-state index in [4.69, 9.17) is 11.6 Å². The Balaban J connectivity index is 1.77. The molecular formula is C18H20ClNO. The summed E-state index contributed by atoms with van der Waals surface area (Å²) in [7, 11) is 0. The van der Waals surface area contributed by atoms with Crippen molar-refractivity contribution >= 4 is 17.5 Å². The summed E-state index contributed by atoms with van der Waals surface area (Å²) in [5, 5.41) is 3.70. The average molecular weight is 302 g/mol. The van der Waals surface area contributed by atoms with E-state index in [9.17, 15) is 4.79 Å². The van der Waals surface area contributed by atoms with Gasteiger partial charge in [-0.15, -0.1) is 0 Å². The molecule has 1 N–H and O–H groups in total. The van der Waals surface area contributed by atoms with Gasteiger partial charge in [-0.05, 0) is 43.0 Å². The van der Waals surface area contributed by atoms with Gasteiger partial charge in [0, 0.05) is 11.1 Å². The number of carbonyl (C=O) groups excluding carboxylic acids is 1. The molecule has 1 atom stereocenters. The molecule has 21 heavy (non-hydrogen) atoms. The largest absolute Gasteiger partial charge is 0.353 e. The van der Waals surface area contributed by atoms with Crippen LogP contribution in [0.5, 0.6) is 0 Å². The van der Waals surface area contributed by atoms with Gasteiger partial charge in [0.25, 0.3) is 0 Å². The number of rotatable bonds is 6. The Morgan fingerprint density at radius 2 is 1.81 bits per heavy atom. The first-order valence-electron chi connectivity index (χ1n) is 7.21. The van der Waals surface area contributed by atoms with Crippen LogP contribution in [0.15, 0.2) is 54.6 Å². The maximum atomic E-state index is 12.0. The Hall–Kier alpha value is -1.80. The fraction of sp³-hybridized carbons (Fsp3) is 0.278. The van der Waals surface area contributed by atoms with E-state index >= 15 is 0 Å². The van der Waals surface area contributed by atoms with E-state index < -0.39 is 0 Å². The van der Waals surface area contributed by atoms with E-state index in [1.165, 1.54) is 5.56 Å². The smallest absolute Gasteiger partial charge is 0.224 e. The zero-order valence-corrected chi connectivity index (χ0v) is 12.9. The summed E-state index contributed by atoms with van der Waals surface area (Å²) in [6.07, 6.45) is 2.28. The first-order valence-corrected chi connectivity index (χ1v) is 7.59. The summed E-state index contributed by atoms with van der Waals surface area (Å²) in [4.78, 5) is 12.0. The van der Waals surface area contributed by atoms with Gasteiger partial charge in [-0.2, -0.15) is 0 Å². The molecule has 0 saturated heterocycles. The molecule has 2 rings (SSSR count). The predicted octanol–water partition coefficient (Wildman–Crippen LogP) is 4.02. The SMILES string of the molecule is CC(CCc1ccccc1)NC(=O)Cc1cccc(Cl)c1. The first kappa shape index (κ1) is 15.6. The maximum absolute atomic E-state index is 12.0. The minimum atomic E-state index is 0.0397. The molecular weight excluding hydrogens is 282 g/mol. The van der Waals surface area contributed by atoms with Gasteiger partial charge in [0.15, 0.2) is 0 Å². The van der Waals surface area contributed by atoms with Crippen LogP contribution in [-0.4, -0.2) is 11.9 Å². The molecule has 1 unspecified atom stereocenters. The molecule has 2 aromatic rings. The highest BCUT2D eigenvalue weighted by Crippen LogP contribution is 2.11. The molecule has 0 radical (unpaired) electrons. The number of hydrogen-bond donors (Lipinski definition) is 1. The van der Waals surface area contributed by atoms with Crippen molar-refractivity contribution in [2.75, 3.05) is 0 Å². The molecule has 0 spiro atoms. The maximum Gasteiger partial charge on any atom is 0.224 e. The van der Waals surface area contributed by atoms with Crippen molar-refractivity contribution in [1.29, 1.82) is 0 Å². The normalized spacial score (nSPS) is 11.9. The van der Waals surface area contributed by atoms with Crippen LogP contribution in [0, 0.1) is 0 Å². The lowest BCUT2D eigenvalue weighted by molar-refractivity contribution is -0.121. The summed E-state index contributed by atoms with van der Waals surface area (Å²) in [6.45, 7) is 2.04. The predicted molar refractivity (Wildman–Crippen MR) is 87.5 cm³/mol. The quantitative estimate of drug-likeness (QED) is 0.858. The summed E-state index contributed by atoms with van der Waals surface area (Å²) in [5.74, 6) is 0.0397. The lowest BCUT2D eigenvalue weighted by Gasteiger charge is -2.14. The van der Waals surface area contributed by atoms with E-state index in [1.807, 2.05) is 49.4 Å². The molecule has 0 aliphatic carbocycles. The second-order valence-electron chi connectivity index (χ2n) is 5.30. The van der Waals surface area contributed by atoms with Gasteiger partial charge in [0.1, 0.15) is 0 Å². The molecule has 0 aromatic heterocycles. The van der Waals surface area contributed by atoms with Crippen molar-refractivity contribution in [3.8, 4) is 0 Å². The van der Waals surface area contributed by atoms with Gasteiger partial charge in [0.2, 0.25) is 5.91 Å². The fourth-order valence-corrected chi connectivity index (χ4v) is 2.47. The van der Waals surface area contributed by atoms with Crippen LogP contribution >= 0.6 is 11.6 Å². The molecule has 2 aromatic carbocycles. The third-order valence-corrected chi connectivity index (χ3v) is 3.61. The van der Waals surface area contributed by atoms with Gasteiger partial charge in [-0.3, -0.25) is 4.79 Å². The van der Waals surface area contributed by atoms with Crippen LogP contribution in [-0.2, 0) is 17.6 Å². The van der Waals surface area contributed by atoms with Crippen molar-refractivity contribution in [2.45, 2.75) is 32.2 Å². The fourth-order valence-electron chi connectivity index (χ4n) is 2.26. The second-order valence-corrected chi connectivity index (χ2v) is 5.74. The molecule has 110 valence electrons. The number of aryl methyl sites for hydroxylation is 1. The standard InChI is InChI=1S/C18H20ClNO/c1-14(10-11-15-6-3-2-4-7-15)20-18(21)13-16-8-5-9-17(19)12-16/h2-9,12,14H,10-11,13H2,1H3,(H,20,21). The van der Waals surface area contributed by atoms with Crippen LogP contribution in [0.2, 0.25) is 5.02 Å². The molecule has 0 aliphatic heterocycles. The zero-order valence-electron chi connectivity index (χ0n) is 12.2. The van der Waals surface area contributed by atoms with Gasteiger partial charge >= 0.3 is 0 Å². The highest BCUT2D eigenvalue weighted by molar-refractivity contribution is 6.30. The molecule has 0 aliphatic rings. The van der Waals surface area contributed by atoms with E-state index in [0.29, 0.717) is 11.4 Å². The molecule has 0 fully saturated rings. The van der Waals surface area contributed by atoms with Gasteiger partial charge in [0.05, 0.1) is 6.42 Å². The van der Waals surface area contributed by atoms with Crippen LogP contribution in [0.3, 0.4) is 0 Å². The molecule has 0 bridgehead atoms. The average Bonchev–Trinajstić information content (AvgIpc) is 2.46. The molecule has 0 saturated carbocycles. The van der Waals surface area contributed by atoms with Crippen molar-refractivity contribution in [3.63, 3.8) is 0 Å². The number of benzene rings is 2. The van der Waals surface area contributed by atoms with Gasteiger partial charge < -0.3 is 5.32 Å². The van der Waals surface area contributed by atoms with E-state index in [1.54, 1.807) is 0 Å². The number of halogens is 1. The minimum absolute atomic E-state index is 0.0397. The molecule has 1 amide bonds. The van der Waals surface area contributed by atoms with Crippen LogP contribution in [0.25, 0.3) is 0 Å². The van der Waals surface area contributed by atoms with Crippen LogP contribution < -0.4 is 5.32 Å². The number of amides is 1. The van der Waals surface area contributed by atoms with Gasteiger partial charge in [-0.25, -0.2) is 0 Å². The third kappa shape index (κ3) is 5.60. The monoisotopic (exact) mass is 301 g/mol. The topological polar surface area (TPSA) is 29.1 Å². The van der Waals surface area contributed by atoms with Crippen molar-refractivity contribution < 1.29 is 4.79 Å². The molecule has 2 nitrogen and oxygen atoms in total. The highest BCUT2D eigenvalue weighted by atomic mass is 35.5. The van der Waals surface area contributed by atoms with Gasteiger partial charge in [-0.1, -0.05) is 54.1 Å². The Morgan fingerprint density at radius 1 is 1.10 bits per heavy atom. The summed E-state index contributed by atoms with van der Waals surface area (Å²) < 4.78 is 0.